The summed E-state index contributed by atoms with van der Waals surface area (Å²) in [6, 6.07) is 3.73. The molecule has 3 rings (SSSR count). The van der Waals surface area contributed by atoms with Crippen molar-refractivity contribution >= 4 is 28.4 Å². The molecule has 1 heterocycles. The Bertz CT molecular complexity index is 986. The van der Waals surface area contributed by atoms with Gasteiger partial charge in [-0.05, 0) is 43.9 Å². The number of hydrogen-bond acceptors (Lipinski definition) is 5. The first kappa shape index (κ1) is 18.7. The van der Waals surface area contributed by atoms with E-state index in [4.69, 9.17) is 0 Å². The van der Waals surface area contributed by atoms with Gasteiger partial charge in [0, 0.05) is 24.4 Å². The first-order chi connectivity index (χ1) is 12.9. The second kappa shape index (κ2) is 7.63. The maximum Gasteiger partial charge on any atom is 0.261 e. The number of halogens is 1. The highest BCUT2D eigenvalue weighted by Crippen LogP contribution is 2.28. The van der Waals surface area contributed by atoms with E-state index in [9.17, 15) is 23.9 Å². The molecular weight excluding hydrogens is 353 g/mol. The third kappa shape index (κ3) is 3.85. The Labute approximate surface area is 154 Å². The number of H-pyrrole nitrogens is 1. The first-order valence-electron chi connectivity index (χ1n) is 8.72. The average molecular weight is 373 g/mol. The Morgan fingerprint density at radius 3 is 2.59 bits per heavy atom. The van der Waals surface area contributed by atoms with E-state index < -0.39 is 17.3 Å². The van der Waals surface area contributed by atoms with Gasteiger partial charge in [-0.15, -0.1) is 0 Å². The lowest BCUT2D eigenvalue weighted by atomic mass is 9.85. The molecule has 1 aromatic heterocycles. The smallest absolute Gasteiger partial charge is 0.261 e. The van der Waals surface area contributed by atoms with Gasteiger partial charge in [0.15, 0.2) is 11.7 Å². The van der Waals surface area contributed by atoms with Gasteiger partial charge in [0.05, 0.1) is 11.2 Å². The van der Waals surface area contributed by atoms with E-state index in [1.165, 1.54) is 24.1 Å². The third-order valence-electron chi connectivity index (χ3n) is 4.98. The number of benzene rings is 1. The van der Waals surface area contributed by atoms with E-state index in [2.05, 4.69) is 15.6 Å². The fourth-order valence-electron chi connectivity index (χ4n) is 3.51. The number of anilines is 1. The van der Waals surface area contributed by atoms with E-state index >= 15 is 0 Å². The second-order valence-corrected chi connectivity index (χ2v) is 6.69. The zero-order chi connectivity index (χ0) is 19.6. The fourth-order valence-corrected chi connectivity index (χ4v) is 3.51. The average Bonchev–Trinajstić information content (AvgIpc) is 2.67. The Morgan fingerprint density at radius 1 is 1.26 bits per heavy atom. The standard InChI is InChI=1S/C19H20FN3O4/c1-21-15-8-12(20)6-11-7-14(19(27)23-17(11)15)18(26)22-13-4-2-10(3-5-13)16(25)9-24/h6-8,10,13,21,25H,2-5H2,1H3,(H,22,26)(H,23,27). The van der Waals surface area contributed by atoms with Crippen LogP contribution in [0, 0.1) is 11.7 Å². The number of hydrogen-bond donors (Lipinski definition) is 4. The van der Waals surface area contributed by atoms with Crippen LogP contribution >= 0.6 is 0 Å². The number of nitrogens with one attached hydrogen (secondary N) is 3. The van der Waals surface area contributed by atoms with Crippen molar-refractivity contribution < 1.29 is 19.1 Å². The van der Waals surface area contributed by atoms with Gasteiger partial charge >= 0.3 is 0 Å². The molecule has 1 fully saturated rings. The predicted octanol–water partition coefficient (Wildman–Crippen LogP) is 2.27. The number of fused-ring (bicyclic) bond motifs is 1. The van der Waals surface area contributed by atoms with Crippen LogP contribution in [0.1, 0.15) is 36.0 Å². The minimum absolute atomic E-state index is 0.0899. The van der Waals surface area contributed by atoms with Crippen LogP contribution in [0.2, 0.25) is 0 Å². The number of rotatable bonds is 4. The van der Waals surface area contributed by atoms with Crippen LogP contribution in [-0.2, 0) is 4.79 Å². The highest BCUT2D eigenvalue weighted by molar-refractivity contribution is 5.99. The summed E-state index contributed by atoms with van der Waals surface area (Å²) >= 11 is 0. The quantitative estimate of drug-likeness (QED) is 0.485. The zero-order valence-corrected chi connectivity index (χ0v) is 14.8. The summed E-state index contributed by atoms with van der Waals surface area (Å²) in [5.41, 5.74) is 0.207. The van der Waals surface area contributed by atoms with Crippen LogP contribution < -0.4 is 16.2 Å². The highest BCUT2D eigenvalue weighted by atomic mass is 19.1. The molecule has 0 unspecified atom stereocenters. The van der Waals surface area contributed by atoms with Gasteiger partial charge in [0.2, 0.25) is 0 Å². The largest absolute Gasteiger partial charge is 0.502 e. The molecule has 1 aliphatic rings. The number of allylic oxidation sites excluding steroid dienone is 1. The molecule has 8 heteroatoms. The van der Waals surface area contributed by atoms with Crippen molar-refractivity contribution in [3.63, 3.8) is 0 Å². The predicted molar refractivity (Wildman–Crippen MR) is 99.1 cm³/mol. The van der Waals surface area contributed by atoms with Gasteiger partial charge in [-0.3, -0.25) is 9.59 Å². The molecule has 4 N–H and O–H groups in total. The van der Waals surface area contributed by atoms with Crippen molar-refractivity contribution in [2.45, 2.75) is 31.7 Å². The van der Waals surface area contributed by atoms with Gasteiger partial charge in [-0.2, -0.15) is 0 Å². The number of pyridine rings is 1. The molecule has 1 aliphatic carbocycles. The Hall–Kier alpha value is -3.12. The summed E-state index contributed by atoms with van der Waals surface area (Å²) in [6.45, 7) is 0. The minimum Gasteiger partial charge on any atom is -0.502 e. The Kier molecular flexibility index (Phi) is 5.28. The van der Waals surface area contributed by atoms with Gasteiger partial charge in [0.1, 0.15) is 11.4 Å². The van der Waals surface area contributed by atoms with Crippen LogP contribution in [0.15, 0.2) is 28.8 Å². The van der Waals surface area contributed by atoms with E-state index in [1.807, 2.05) is 0 Å². The molecule has 0 atom stereocenters. The first-order valence-corrected chi connectivity index (χ1v) is 8.72. The summed E-state index contributed by atoms with van der Waals surface area (Å²) in [5.74, 6) is -0.0248. The minimum atomic E-state index is -0.557. The number of carbonyl (C=O) groups excluding carboxylic acids is 2. The number of aliphatic hydroxyl groups is 1. The molecule has 0 saturated heterocycles. The van der Waals surface area contributed by atoms with Crippen LogP contribution in [0.5, 0.6) is 0 Å². The van der Waals surface area contributed by atoms with E-state index in [0.717, 1.165) is 0 Å². The number of aromatic amines is 1. The number of carbonyl (C=O) groups is 1. The second-order valence-electron chi connectivity index (χ2n) is 6.69. The molecule has 1 saturated carbocycles. The van der Waals surface area contributed by atoms with Crippen molar-refractivity contribution in [1.82, 2.24) is 10.3 Å². The molecule has 0 spiro atoms. The van der Waals surface area contributed by atoms with Crippen molar-refractivity contribution in [2.75, 3.05) is 12.4 Å². The lowest BCUT2D eigenvalue weighted by Crippen LogP contribution is -2.40. The molecule has 0 aliphatic heterocycles. The van der Waals surface area contributed by atoms with Crippen molar-refractivity contribution in [2.24, 2.45) is 5.92 Å². The van der Waals surface area contributed by atoms with Gasteiger partial charge in [-0.1, -0.05) is 0 Å². The fraction of sp³-hybridized carbons (Fsp3) is 0.368. The van der Waals surface area contributed by atoms with Crippen LogP contribution in [-0.4, -0.2) is 35.0 Å². The molecule has 142 valence electrons. The maximum atomic E-state index is 13.7. The van der Waals surface area contributed by atoms with Gasteiger partial charge in [0.25, 0.3) is 11.5 Å². The number of amides is 1. The molecular formula is C19H20FN3O4. The summed E-state index contributed by atoms with van der Waals surface area (Å²) in [7, 11) is 1.61. The van der Waals surface area contributed by atoms with Crippen molar-refractivity contribution in [3.05, 3.63) is 45.7 Å². The van der Waals surface area contributed by atoms with Gasteiger partial charge in [-0.25, -0.2) is 9.18 Å². The zero-order valence-electron chi connectivity index (χ0n) is 14.8. The topological polar surface area (TPSA) is 111 Å². The monoisotopic (exact) mass is 373 g/mol. The SMILES string of the molecule is CNc1cc(F)cc2cc(C(=O)NC3CCC(C(O)=C=O)CC3)c(=O)[nH]c12. The highest BCUT2D eigenvalue weighted by Gasteiger charge is 2.26. The molecule has 0 radical (unpaired) electrons. The molecule has 27 heavy (non-hydrogen) atoms. The summed E-state index contributed by atoms with van der Waals surface area (Å²) < 4.78 is 13.7. The third-order valence-corrected chi connectivity index (χ3v) is 4.98. The lowest BCUT2D eigenvalue weighted by Gasteiger charge is -2.27. The van der Waals surface area contributed by atoms with E-state index in [0.29, 0.717) is 42.3 Å². The number of aliphatic hydroxyl groups excluding tert-OH is 1. The Morgan fingerprint density at radius 2 is 1.96 bits per heavy atom. The Balaban J connectivity index is 1.79. The number of aromatic nitrogens is 1. The summed E-state index contributed by atoms with van der Waals surface area (Å²) in [6.07, 6.45) is 2.26. The van der Waals surface area contributed by atoms with Crippen molar-refractivity contribution in [1.29, 1.82) is 0 Å². The normalized spacial score (nSPS) is 19.3. The van der Waals surface area contributed by atoms with E-state index in [-0.39, 0.29) is 23.3 Å². The van der Waals surface area contributed by atoms with Crippen LogP contribution in [0.3, 0.4) is 0 Å². The van der Waals surface area contributed by atoms with Crippen LogP contribution in [0.25, 0.3) is 10.9 Å². The molecule has 7 nitrogen and oxygen atoms in total. The molecule has 1 aromatic carbocycles. The summed E-state index contributed by atoms with van der Waals surface area (Å²) in [5, 5.41) is 15.5. The van der Waals surface area contributed by atoms with Gasteiger partial charge < -0.3 is 20.7 Å². The van der Waals surface area contributed by atoms with Crippen LogP contribution in [0.4, 0.5) is 10.1 Å². The van der Waals surface area contributed by atoms with Crippen molar-refractivity contribution in [3.8, 4) is 0 Å². The van der Waals surface area contributed by atoms with E-state index in [1.54, 1.807) is 7.05 Å². The summed E-state index contributed by atoms with van der Waals surface area (Å²) in [4.78, 5) is 38.0. The molecule has 1 amide bonds. The molecule has 2 aromatic rings. The lowest BCUT2D eigenvalue weighted by molar-refractivity contribution is 0.0920. The molecule has 0 bridgehead atoms. The maximum absolute atomic E-state index is 13.7.